The van der Waals surface area contributed by atoms with Gasteiger partial charge < -0.3 is 10.3 Å². The number of hydrogen-bond acceptors (Lipinski definition) is 3. The van der Waals surface area contributed by atoms with Crippen LogP contribution in [0.15, 0.2) is 18.7 Å². The zero-order chi connectivity index (χ0) is 12.1. The maximum atomic E-state index is 5.89. The molecule has 0 bridgehead atoms. The number of imidazole rings is 1. The van der Waals surface area contributed by atoms with Crippen LogP contribution in [0.1, 0.15) is 26.2 Å². The fourth-order valence-electron chi connectivity index (χ4n) is 2.87. The molecule has 96 valence electrons. The normalized spacial score (nSPS) is 26.2. The second kappa shape index (κ2) is 6.17. The van der Waals surface area contributed by atoms with Crippen molar-refractivity contribution in [3.05, 3.63) is 18.7 Å². The van der Waals surface area contributed by atoms with Gasteiger partial charge in [-0.1, -0.05) is 6.92 Å². The number of piperidine rings is 1. The highest BCUT2D eigenvalue weighted by Crippen LogP contribution is 2.22. The van der Waals surface area contributed by atoms with Gasteiger partial charge in [0, 0.05) is 38.1 Å². The first-order chi connectivity index (χ1) is 8.31. The van der Waals surface area contributed by atoms with Crippen molar-refractivity contribution < 1.29 is 0 Å². The predicted molar refractivity (Wildman–Crippen MR) is 69.7 cm³/mol. The molecule has 1 saturated heterocycles. The molecule has 2 rings (SSSR count). The molecular weight excluding hydrogens is 212 g/mol. The zero-order valence-electron chi connectivity index (χ0n) is 10.8. The smallest absolute Gasteiger partial charge is 0.0945 e. The van der Waals surface area contributed by atoms with Gasteiger partial charge >= 0.3 is 0 Å². The maximum absolute atomic E-state index is 5.89. The fourth-order valence-corrected chi connectivity index (χ4v) is 2.87. The van der Waals surface area contributed by atoms with Gasteiger partial charge in [-0.3, -0.25) is 4.90 Å². The lowest BCUT2D eigenvalue weighted by molar-refractivity contribution is 0.104. The monoisotopic (exact) mass is 236 g/mol. The van der Waals surface area contributed by atoms with Gasteiger partial charge in [-0.2, -0.15) is 0 Å². The third kappa shape index (κ3) is 3.30. The van der Waals surface area contributed by atoms with E-state index in [1.807, 2.05) is 18.7 Å². The summed E-state index contributed by atoms with van der Waals surface area (Å²) in [5.74, 6) is 0.752. The topological polar surface area (TPSA) is 47.1 Å². The molecule has 17 heavy (non-hydrogen) atoms. The first-order valence-corrected chi connectivity index (χ1v) is 6.71. The Hall–Kier alpha value is -0.870. The molecule has 2 atom stereocenters. The molecule has 2 heterocycles. The van der Waals surface area contributed by atoms with Crippen molar-refractivity contribution in [2.45, 2.75) is 38.8 Å². The van der Waals surface area contributed by atoms with E-state index in [1.165, 1.54) is 25.8 Å². The van der Waals surface area contributed by atoms with Crippen molar-refractivity contribution in [3.63, 3.8) is 0 Å². The van der Waals surface area contributed by atoms with E-state index >= 15 is 0 Å². The average molecular weight is 236 g/mol. The van der Waals surface area contributed by atoms with Gasteiger partial charge in [0.1, 0.15) is 0 Å². The molecule has 0 saturated carbocycles. The van der Waals surface area contributed by atoms with Gasteiger partial charge in [-0.15, -0.1) is 0 Å². The fraction of sp³-hybridized carbons (Fsp3) is 0.769. The molecule has 1 aromatic heterocycles. The van der Waals surface area contributed by atoms with Crippen molar-refractivity contribution in [2.75, 3.05) is 19.6 Å². The van der Waals surface area contributed by atoms with Gasteiger partial charge in [0.25, 0.3) is 0 Å². The highest BCUT2D eigenvalue weighted by molar-refractivity contribution is 4.83. The summed E-state index contributed by atoms with van der Waals surface area (Å²) in [6.07, 6.45) is 9.59. The van der Waals surface area contributed by atoms with Gasteiger partial charge in [0.15, 0.2) is 0 Å². The van der Waals surface area contributed by atoms with E-state index in [9.17, 15) is 0 Å². The number of hydrogen-bond donors (Lipinski definition) is 1. The van der Waals surface area contributed by atoms with E-state index in [0.29, 0.717) is 6.04 Å². The predicted octanol–water partition coefficient (Wildman–Crippen LogP) is 1.33. The van der Waals surface area contributed by atoms with Crippen LogP contribution in [0.4, 0.5) is 0 Å². The molecule has 1 aliphatic heterocycles. The van der Waals surface area contributed by atoms with Crippen molar-refractivity contribution in [1.82, 2.24) is 14.5 Å². The Labute approximate surface area is 104 Å². The Balaban J connectivity index is 1.77. The summed E-state index contributed by atoms with van der Waals surface area (Å²) >= 11 is 0. The summed E-state index contributed by atoms with van der Waals surface area (Å²) in [5, 5.41) is 0. The molecule has 0 amide bonds. The summed E-state index contributed by atoms with van der Waals surface area (Å²) < 4.78 is 2.14. The summed E-state index contributed by atoms with van der Waals surface area (Å²) in [6, 6.07) is 0.589. The van der Waals surface area contributed by atoms with Crippen molar-refractivity contribution in [1.29, 1.82) is 0 Å². The lowest BCUT2D eigenvalue weighted by atomic mass is 9.91. The molecule has 1 aliphatic rings. The second-order valence-corrected chi connectivity index (χ2v) is 5.11. The first-order valence-electron chi connectivity index (χ1n) is 6.71. The number of rotatable bonds is 5. The van der Waals surface area contributed by atoms with Crippen LogP contribution >= 0.6 is 0 Å². The van der Waals surface area contributed by atoms with E-state index in [1.54, 1.807) is 0 Å². The molecular formula is C13H24N4. The van der Waals surface area contributed by atoms with Gasteiger partial charge in [0.2, 0.25) is 0 Å². The second-order valence-electron chi connectivity index (χ2n) is 5.11. The summed E-state index contributed by atoms with van der Waals surface area (Å²) in [7, 11) is 0. The molecule has 4 nitrogen and oxygen atoms in total. The van der Waals surface area contributed by atoms with E-state index < -0.39 is 0 Å². The van der Waals surface area contributed by atoms with Crippen molar-refractivity contribution in [3.8, 4) is 0 Å². The van der Waals surface area contributed by atoms with Crippen LogP contribution in [0.5, 0.6) is 0 Å². The van der Waals surface area contributed by atoms with E-state index in [-0.39, 0.29) is 0 Å². The maximum Gasteiger partial charge on any atom is 0.0945 e. The number of aryl methyl sites for hydroxylation is 1. The Kier molecular flexibility index (Phi) is 4.57. The van der Waals surface area contributed by atoms with Gasteiger partial charge in [-0.05, 0) is 31.7 Å². The van der Waals surface area contributed by atoms with Crippen LogP contribution in [-0.2, 0) is 6.54 Å². The van der Waals surface area contributed by atoms with E-state index in [2.05, 4.69) is 21.4 Å². The van der Waals surface area contributed by atoms with Crippen LogP contribution < -0.4 is 5.73 Å². The van der Waals surface area contributed by atoms with E-state index in [0.717, 1.165) is 25.6 Å². The number of likely N-dealkylation sites (tertiary alicyclic amines) is 1. The Morgan fingerprint density at radius 3 is 3.00 bits per heavy atom. The van der Waals surface area contributed by atoms with Gasteiger partial charge in [0.05, 0.1) is 6.33 Å². The standard InChI is InChI=1S/C13H24N4/c1-12-4-2-7-17(13(12)10-14)8-3-6-16-9-5-15-11-16/h5,9,11-13H,2-4,6-8,10,14H2,1H3. The molecule has 0 radical (unpaired) electrons. The third-order valence-corrected chi connectivity index (χ3v) is 3.89. The molecule has 1 fully saturated rings. The minimum Gasteiger partial charge on any atom is -0.337 e. The Morgan fingerprint density at radius 2 is 2.29 bits per heavy atom. The quantitative estimate of drug-likeness (QED) is 0.839. The summed E-state index contributed by atoms with van der Waals surface area (Å²) in [4.78, 5) is 6.63. The molecule has 0 spiro atoms. The molecule has 0 aliphatic carbocycles. The van der Waals surface area contributed by atoms with Crippen LogP contribution in [0.3, 0.4) is 0 Å². The minimum atomic E-state index is 0.589. The lowest BCUT2D eigenvalue weighted by Gasteiger charge is -2.39. The molecule has 4 heteroatoms. The molecule has 1 aromatic rings. The minimum absolute atomic E-state index is 0.589. The molecule has 2 N–H and O–H groups in total. The number of aromatic nitrogens is 2. The van der Waals surface area contributed by atoms with Crippen LogP contribution in [0, 0.1) is 5.92 Å². The average Bonchev–Trinajstić information content (AvgIpc) is 2.82. The highest BCUT2D eigenvalue weighted by atomic mass is 15.2. The molecule has 0 aromatic carbocycles. The first kappa shape index (κ1) is 12.6. The van der Waals surface area contributed by atoms with Gasteiger partial charge in [-0.25, -0.2) is 4.98 Å². The van der Waals surface area contributed by atoms with Crippen LogP contribution in [-0.4, -0.2) is 40.1 Å². The van der Waals surface area contributed by atoms with Crippen LogP contribution in [0.25, 0.3) is 0 Å². The third-order valence-electron chi connectivity index (χ3n) is 3.89. The number of nitrogens with zero attached hydrogens (tertiary/aromatic N) is 3. The largest absolute Gasteiger partial charge is 0.337 e. The zero-order valence-corrected chi connectivity index (χ0v) is 10.8. The van der Waals surface area contributed by atoms with Crippen molar-refractivity contribution in [2.24, 2.45) is 11.7 Å². The number of nitrogens with two attached hydrogens (primary N) is 1. The summed E-state index contributed by atoms with van der Waals surface area (Å²) in [5.41, 5.74) is 5.89. The summed E-state index contributed by atoms with van der Waals surface area (Å²) in [6.45, 7) is 6.56. The SMILES string of the molecule is CC1CCCN(CCCn2ccnc2)C1CN. The van der Waals surface area contributed by atoms with Crippen molar-refractivity contribution >= 4 is 0 Å². The lowest BCUT2D eigenvalue weighted by Crippen LogP contribution is -2.48. The highest BCUT2D eigenvalue weighted by Gasteiger charge is 2.26. The Morgan fingerprint density at radius 1 is 1.41 bits per heavy atom. The van der Waals surface area contributed by atoms with E-state index in [4.69, 9.17) is 5.73 Å². The molecule has 2 unspecified atom stereocenters. The van der Waals surface area contributed by atoms with Crippen LogP contribution in [0.2, 0.25) is 0 Å². The Bertz CT molecular complexity index is 309.